The van der Waals surface area contributed by atoms with E-state index in [1.807, 2.05) is 55.4 Å². The minimum atomic E-state index is -0.112. The van der Waals surface area contributed by atoms with Crippen LogP contribution in [-0.2, 0) is 11.3 Å². The fourth-order valence-electron chi connectivity index (χ4n) is 4.99. The Balaban J connectivity index is 1.37. The normalized spacial score (nSPS) is 14.3. The number of rotatable bonds is 8. The number of aromatic amines is 1. The van der Waals surface area contributed by atoms with Crippen LogP contribution in [0.15, 0.2) is 79.0 Å². The smallest absolute Gasteiger partial charge is 0.251 e. The van der Waals surface area contributed by atoms with Gasteiger partial charge in [-0.25, -0.2) is 0 Å². The number of aromatic nitrogens is 1. The third-order valence-corrected chi connectivity index (χ3v) is 7.01. The SMILES string of the molecule is CN(C)c1ccc([C@H](CNC(=O)c2cccc(CN3CCCC3=O)c2)c2c[nH]c3ccccc23)cc1. The summed E-state index contributed by atoms with van der Waals surface area (Å²) in [6.45, 7) is 1.81. The number of carbonyl (C=O) groups excluding carboxylic acids is 2. The molecule has 3 aromatic carbocycles. The van der Waals surface area contributed by atoms with Crippen molar-refractivity contribution in [2.24, 2.45) is 0 Å². The molecule has 6 heteroatoms. The van der Waals surface area contributed by atoms with E-state index in [-0.39, 0.29) is 17.7 Å². The number of fused-ring (bicyclic) bond motifs is 1. The summed E-state index contributed by atoms with van der Waals surface area (Å²) < 4.78 is 0. The van der Waals surface area contributed by atoms with Crippen LogP contribution >= 0.6 is 0 Å². The van der Waals surface area contributed by atoms with Gasteiger partial charge in [0.15, 0.2) is 0 Å². The highest BCUT2D eigenvalue weighted by molar-refractivity contribution is 5.94. The average molecular weight is 481 g/mol. The second-order valence-electron chi connectivity index (χ2n) is 9.66. The number of hydrogen-bond acceptors (Lipinski definition) is 3. The number of benzene rings is 3. The summed E-state index contributed by atoms with van der Waals surface area (Å²) in [7, 11) is 4.06. The van der Waals surface area contributed by atoms with Gasteiger partial charge in [-0.05, 0) is 53.4 Å². The number of amides is 2. The van der Waals surface area contributed by atoms with E-state index < -0.39 is 0 Å². The van der Waals surface area contributed by atoms with Gasteiger partial charge >= 0.3 is 0 Å². The van der Waals surface area contributed by atoms with Gasteiger partial charge < -0.3 is 20.1 Å². The molecule has 1 fully saturated rings. The number of para-hydroxylation sites is 1. The molecule has 1 atom stereocenters. The van der Waals surface area contributed by atoms with E-state index in [1.165, 1.54) is 0 Å². The van der Waals surface area contributed by atoms with Crippen molar-refractivity contribution in [3.8, 4) is 0 Å². The van der Waals surface area contributed by atoms with Gasteiger partial charge in [-0.1, -0.05) is 42.5 Å². The lowest BCUT2D eigenvalue weighted by Gasteiger charge is -2.20. The second-order valence-corrected chi connectivity index (χ2v) is 9.66. The Labute approximate surface area is 211 Å². The maximum Gasteiger partial charge on any atom is 0.251 e. The average Bonchev–Trinajstić information content (AvgIpc) is 3.51. The van der Waals surface area contributed by atoms with Crippen LogP contribution in [0.25, 0.3) is 10.9 Å². The molecule has 2 heterocycles. The van der Waals surface area contributed by atoms with Crippen LogP contribution in [-0.4, -0.2) is 48.9 Å². The van der Waals surface area contributed by atoms with Crippen molar-refractivity contribution in [2.75, 3.05) is 32.1 Å². The molecule has 2 N–H and O–H groups in total. The van der Waals surface area contributed by atoms with E-state index in [0.717, 1.165) is 46.2 Å². The van der Waals surface area contributed by atoms with Crippen molar-refractivity contribution in [3.63, 3.8) is 0 Å². The molecule has 0 radical (unpaired) electrons. The van der Waals surface area contributed by atoms with E-state index in [0.29, 0.717) is 25.1 Å². The highest BCUT2D eigenvalue weighted by Gasteiger charge is 2.22. The van der Waals surface area contributed by atoms with Crippen molar-refractivity contribution in [1.82, 2.24) is 15.2 Å². The number of hydrogen-bond donors (Lipinski definition) is 2. The Morgan fingerprint density at radius 1 is 1.06 bits per heavy atom. The third kappa shape index (κ3) is 4.98. The molecule has 4 aromatic rings. The Hall–Kier alpha value is -4.06. The van der Waals surface area contributed by atoms with Crippen LogP contribution in [0.5, 0.6) is 0 Å². The zero-order chi connectivity index (χ0) is 25.1. The summed E-state index contributed by atoms with van der Waals surface area (Å²) in [6.07, 6.45) is 3.57. The Morgan fingerprint density at radius 2 is 1.86 bits per heavy atom. The molecule has 5 rings (SSSR count). The summed E-state index contributed by atoms with van der Waals surface area (Å²) in [5, 5.41) is 4.33. The third-order valence-electron chi connectivity index (χ3n) is 7.01. The monoisotopic (exact) mass is 480 g/mol. The predicted molar refractivity (Wildman–Crippen MR) is 144 cm³/mol. The first-order valence-electron chi connectivity index (χ1n) is 12.5. The lowest BCUT2D eigenvalue weighted by atomic mass is 9.90. The molecule has 0 spiro atoms. The summed E-state index contributed by atoms with van der Waals surface area (Å²) >= 11 is 0. The quantitative estimate of drug-likeness (QED) is 0.376. The van der Waals surface area contributed by atoms with Gasteiger partial charge in [-0.3, -0.25) is 9.59 Å². The molecular formula is C30H32N4O2. The fraction of sp³-hybridized carbons (Fsp3) is 0.267. The standard InChI is InChI=1S/C30H32N4O2/c1-33(2)24-14-12-22(13-15-24)26(27-19-31-28-10-4-3-9-25(27)28)18-32-30(36)23-8-5-7-21(17-23)20-34-16-6-11-29(34)35/h3-5,7-10,12-15,17,19,26,31H,6,11,16,18,20H2,1-2H3,(H,32,36)/t26-/m0/s1. The highest BCUT2D eigenvalue weighted by Crippen LogP contribution is 2.31. The minimum Gasteiger partial charge on any atom is -0.378 e. The topological polar surface area (TPSA) is 68.4 Å². The maximum atomic E-state index is 13.2. The molecule has 0 unspecified atom stereocenters. The van der Waals surface area contributed by atoms with Gasteiger partial charge in [0.25, 0.3) is 5.91 Å². The van der Waals surface area contributed by atoms with E-state index in [1.54, 1.807) is 0 Å². The molecule has 1 aliphatic heterocycles. The lowest BCUT2D eigenvalue weighted by molar-refractivity contribution is -0.128. The Kier molecular flexibility index (Phi) is 6.76. The molecule has 36 heavy (non-hydrogen) atoms. The van der Waals surface area contributed by atoms with Crippen molar-refractivity contribution in [1.29, 1.82) is 0 Å². The zero-order valence-electron chi connectivity index (χ0n) is 20.8. The largest absolute Gasteiger partial charge is 0.378 e. The molecule has 0 aliphatic carbocycles. The number of nitrogens with zero attached hydrogens (tertiary/aromatic N) is 2. The number of anilines is 1. The second kappa shape index (κ2) is 10.3. The van der Waals surface area contributed by atoms with Crippen molar-refractivity contribution in [2.45, 2.75) is 25.3 Å². The van der Waals surface area contributed by atoms with E-state index in [2.05, 4.69) is 57.8 Å². The minimum absolute atomic E-state index is 0.00767. The van der Waals surface area contributed by atoms with Gasteiger partial charge in [-0.2, -0.15) is 0 Å². The van der Waals surface area contributed by atoms with Crippen LogP contribution < -0.4 is 10.2 Å². The van der Waals surface area contributed by atoms with Gasteiger partial charge in [0.05, 0.1) is 0 Å². The first kappa shape index (κ1) is 23.7. The Morgan fingerprint density at radius 3 is 2.61 bits per heavy atom. The zero-order valence-corrected chi connectivity index (χ0v) is 20.8. The molecule has 1 saturated heterocycles. The van der Waals surface area contributed by atoms with Gasteiger partial charge in [0, 0.05) is 74.4 Å². The molecule has 0 saturated carbocycles. The van der Waals surface area contributed by atoms with Crippen LogP contribution in [0, 0.1) is 0 Å². The number of nitrogens with one attached hydrogen (secondary N) is 2. The van der Waals surface area contributed by atoms with Crippen LogP contribution in [0.4, 0.5) is 5.69 Å². The van der Waals surface area contributed by atoms with Crippen LogP contribution in [0.1, 0.15) is 45.8 Å². The summed E-state index contributed by atoms with van der Waals surface area (Å²) in [5.41, 5.74) is 6.11. The van der Waals surface area contributed by atoms with Gasteiger partial charge in [-0.15, -0.1) is 0 Å². The van der Waals surface area contributed by atoms with Crippen molar-refractivity contribution in [3.05, 3.63) is 101 Å². The summed E-state index contributed by atoms with van der Waals surface area (Å²) in [5.74, 6) is 0.0674. The molecule has 2 amide bonds. The Bertz CT molecular complexity index is 1370. The van der Waals surface area contributed by atoms with Gasteiger partial charge in [0.1, 0.15) is 0 Å². The van der Waals surface area contributed by atoms with Crippen molar-refractivity contribution >= 4 is 28.4 Å². The van der Waals surface area contributed by atoms with Crippen molar-refractivity contribution < 1.29 is 9.59 Å². The summed E-state index contributed by atoms with van der Waals surface area (Å²) in [6, 6.07) is 24.4. The molecule has 1 aliphatic rings. The van der Waals surface area contributed by atoms with E-state index >= 15 is 0 Å². The summed E-state index contributed by atoms with van der Waals surface area (Å²) in [4.78, 5) is 32.5. The van der Waals surface area contributed by atoms with Gasteiger partial charge in [0.2, 0.25) is 5.91 Å². The number of likely N-dealkylation sites (tertiary alicyclic amines) is 1. The number of carbonyl (C=O) groups is 2. The fourth-order valence-corrected chi connectivity index (χ4v) is 4.99. The molecule has 1 aromatic heterocycles. The molecule has 6 nitrogen and oxygen atoms in total. The molecular weight excluding hydrogens is 448 g/mol. The van der Waals surface area contributed by atoms with Crippen LogP contribution in [0.2, 0.25) is 0 Å². The molecule has 184 valence electrons. The van der Waals surface area contributed by atoms with E-state index in [4.69, 9.17) is 0 Å². The highest BCUT2D eigenvalue weighted by atomic mass is 16.2. The first-order valence-corrected chi connectivity index (χ1v) is 12.5. The van der Waals surface area contributed by atoms with E-state index in [9.17, 15) is 9.59 Å². The first-order chi connectivity index (χ1) is 17.5. The molecule has 0 bridgehead atoms. The van der Waals surface area contributed by atoms with Crippen LogP contribution in [0.3, 0.4) is 0 Å². The lowest BCUT2D eigenvalue weighted by Crippen LogP contribution is -2.29. The maximum absolute atomic E-state index is 13.2. The predicted octanol–water partition coefficient (Wildman–Crippen LogP) is 4.92. The number of H-pyrrole nitrogens is 1.